The molecule has 0 unspecified atom stereocenters. The quantitative estimate of drug-likeness (QED) is 0.469. The highest BCUT2D eigenvalue weighted by atomic mass is 16.1. The summed E-state index contributed by atoms with van der Waals surface area (Å²) in [5.41, 5.74) is 6.14. The number of benzene rings is 2. The normalized spacial score (nSPS) is 11.2. The summed E-state index contributed by atoms with van der Waals surface area (Å²) in [5, 5.41) is 12.8. The molecule has 170 valence electrons. The Hall–Kier alpha value is -3.74. The van der Waals surface area contributed by atoms with E-state index in [1.807, 2.05) is 76.2 Å². The Kier molecular flexibility index (Phi) is 6.40. The maximum atomic E-state index is 13.1. The van der Waals surface area contributed by atoms with Crippen molar-refractivity contribution in [2.45, 2.75) is 53.6 Å². The lowest BCUT2D eigenvalue weighted by Gasteiger charge is -2.08. The summed E-state index contributed by atoms with van der Waals surface area (Å²) in [6.07, 6.45) is 0.850. The molecule has 0 spiro atoms. The van der Waals surface area contributed by atoms with E-state index in [1.54, 1.807) is 4.68 Å². The number of carbonyl (C=O) groups excluding carboxylic acids is 1. The molecule has 1 amide bonds. The molecule has 0 atom stereocenters. The Balaban J connectivity index is 1.45. The highest BCUT2D eigenvalue weighted by Gasteiger charge is 2.17. The zero-order valence-corrected chi connectivity index (χ0v) is 19.6. The summed E-state index contributed by atoms with van der Waals surface area (Å²) < 4.78 is 3.22. The first-order chi connectivity index (χ1) is 15.8. The molecule has 4 rings (SSSR count). The van der Waals surface area contributed by atoms with Crippen molar-refractivity contribution in [1.29, 1.82) is 0 Å². The summed E-state index contributed by atoms with van der Waals surface area (Å²) in [5.74, 6) is -0.0408. The second-order valence-electron chi connectivity index (χ2n) is 8.54. The van der Waals surface area contributed by atoms with Crippen molar-refractivity contribution < 1.29 is 4.79 Å². The van der Waals surface area contributed by atoms with Gasteiger partial charge >= 0.3 is 0 Å². The third-order valence-electron chi connectivity index (χ3n) is 5.85. The van der Waals surface area contributed by atoms with Gasteiger partial charge < -0.3 is 5.32 Å². The number of aromatic nitrogens is 4. The van der Waals surface area contributed by atoms with Crippen LogP contribution in [0.1, 0.15) is 40.9 Å². The van der Waals surface area contributed by atoms with E-state index in [1.165, 1.54) is 10.2 Å². The molecule has 0 fully saturated rings. The van der Waals surface area contributed by atoms with Gasteiger partial charge in [0.2, 0.25) is 5.91 Å². The zero-order valence-electron chi connectivity index (χ0n) is 19.6. The van der Waals surface area contributed by atoms with Crippen molar-refractivity contribution in [3.8, 4) is 5.69 Å². The molecule has 0 radical (unpaired) electrons. The predicted molar refractivity (Wildman–Crippen MR) is 130 cm³/mol. The second-order valence-corrected chi connectivity index (χ2v) is 8.54. The number of hydrogen-bond donors (Lipinski definition) is 1. The van der Waals surface area contributed by atoms with Crippen LogP contribution in [0.25, 0.3) is 16.6 Å². The van der Waals surface area contributed by atoms with Crippen molar-refractivity contribution in [2.75, 3.05) is 0 Å². The molecule has 7 heteroatoms. The largest absolute Gasteiger partial charge is 0.352 e. The van der Waals surface area contributed by atoms with Gasteiger partial charge in [-0.1, -0.05) is 47.5 Å². The fraction of sp³-hybridized carbons (Fsp3) is 0.308. The summed E-state index contributed by atoms with van der Waals surface area (Å²) in [7, 11) is 0. The highest BCUT2D eigenvalue weighted by molar-refractivity contribution is 5.83. The van der Waals surface area contributed by atoms with Crippen molar-refractivity contribution >= 4 is 16.8 Å². The Morgan fingerprint density at radius 1 is 0.909 bits per heavy atom. The molecular formula is C26H29N5O2. The fourth-order valence-corrected chi connectivity index (χ4v) is 3.96. The van der Waals surface area contributed by atoms with E-state index in [4.69, 9.17) is 0 Å². The van der Waals surface area contributed by atoms with E-state index in [-0.39, 0.29) is 11.5 Å². The average molecular weight is 444 g/mol. The number of amides is 1. The van der Waals surface area contributed by atoms with Crippen LogP contribution >= 0.6 is 0 Å². The van der Waals surface area contributed by atoms with Gasteiger partial charge in [0.25, 0.3) is 5.56 Å². The van der Waals surface area contributed by atoms with E-state index < -0.39 is 0 Å². The summed E-state index contributed by atoms with van der Waals surface area (Å²) in [6, 6.07) is 16.1. The van der Waals surface area contributed by atoms with Crippen LogP contribution in [0, 0.1) is 27.7 Å². The van der Waals surface area contributed by atoms with Crippen LogP contribution in [0.4, 0.5) is 0 Å². The lowest BCUT2D eigenvalue weighted by Crippen LogP contribution is -2.26. The number of rotatable bonds is 7. The maximum Gasteiger partial charge on any atom is 0.295 e. The monoisotopic (exact) mass is 443 g/mol. The van der Waals surface area contributed by atoms with Gasteiger partial charge in [0.15, 0.2) is 5.52 Å². The number of nitrogens with zero attached hydrogens (tertiary/aromatic N) is 4. The molecular weight excluding hydrogens is 414 g/mol. The minimum absolute atomic E-state index is 0.0408. The standard InChI is InChI=1S/C26H29N5O2/c1-17-7-11-21(12-8-17)16-27-23(32)6-5-15-30-26(33)25-24(19(3)28-30)20(4)31(29-25)22-13-9-18(2)10-14-22/h7-14H,5-6,15-16H2,1-4H3,(H,27,32). The van der Waals surface area contributed by atoms with E-state index in [2.05, 4.69) is 15.5 Å². The Bertz CT molecular complexity index is 1350. The van der Waals surface area contributed by atoms with Crippen LogP contribution in [0.5, 0.6) is 0 Å². The molecule has 4 aromatic rings. The first kappa shape index (κ1) is 22.5. The van der Waals surface area contributed by atoms with E-state index >= 15 is 0 Å². The molecule has 0 aliphatic carbocycles. The number of carbonyl (C=O) groups is 1. The first-order valence-corrected chi connectivity index (χ1v) is 11.2. The number of hydrogen-bond acceptors (Lipinski definition) is 4. The Morgan fingerprint density at radius 3 is 2.21 bits per heavy atom. The van der Waals surface area contributed by atoms with Gasteiger partial charge in [0.05, 0.1) is 22.5 Å². The topological polar surface area (TPSA) is 81.8 Å². The Morgan fingerprint density at radius 2 is 1.55 bits per heavy atom. The van der Waals surface area contributed by atoms with Gasteiger partial charge in [-0.05, 0) is 51.8 Å². The van der Waals surface area contributed by atoms with Gasteiger partial charge in [-0.3, -0.25) is 9.59 Å². The van der Waals surface area contributed by atoms with Gasteiger partial charge in [-0.25, -0.2) is 9.36 Å². The van der Waals surface area contributed by atoms with E-state index in [9.17, 15) is 9.59 Å². The first-order valence-electron chi connectivity index (χ1n) is 11.2. The summed E-state index contributed by atoms with van der Waals surface area (Å²) >= 11 is 0. The van der Waals surface area contributed by atoms with Gasteiger partial charge in [0.1, 0.15) is 0 Å². The molecule has 2 aromatic heterocycles. The van der Waals surface area contributed by atoms with Crippen LogP contribution in [-0.2, 0) is 17.9 Å². The van der Waals surface area contributed by atoms with Crippen molar-refractivity contribution in [3.05, 3.63) is 87.0 Å². The number of nitrogens with one attached hydrogen (secondary N) is 1. The van der Waals surface area contributed by atoms with Crippen LogP contribution in [0.2, 0.25) is 0 Å². The van der Waals surface area contributed by atoms with Gasteiger partial charge in [-0.2, -0.15) is 10.2 Å². The minimum Gasteiger partial charge on any atom is -0.352 e. The SMILES string of the molecule is Cc1ccc(CNC(=O)CCCn2nc(C)c3c(C)n(-c4ccc(C)cc4)nc3c2=O)cc1. The van der Waals surface area contributed by atoms with Crippen LogP contribution in [0.15, 0.2) is 53.3 Å². The molecule has 2 aromatic carbocycles. The van der Waals surface area contributed by atoms with Gasteiger partial charge in [-0.15, -0.1) is 0 Å². The lowest BCUT2D eigenvalue weighted by atomic mass is 10.1. The average Bonchev–Trinajstić information content (AvgIpc) is 3.15. The maximum absolute atomic E-state index is 13.1. The molecule has 0 aliphatic heterocycles. The summed E-state index contributed by atoms with van der Waals surface area (Å²) in [6.45, 7) is 8.77. The van der Waals surface area contributed by atoms with Crippen molar-refractivity contribution in [2.24, 2.45) is 0 Å². The Labute approximate surface area is 193 Å². The van der Waals surface area contributed by atoms with Crippen molar-refractivity contribution in [1.82, 2.24) is 24.9 Å². The van der Waals surface area contributed by atoms with E-state index in [0.29, 0.717) is 31.4 Å². The third kappa shape index (κ3) is 4.87. The minimum atomic E-state index is -0.232. The van der Waals surface area contributed by atoms with Crippen LogP contribution in [-0.4, -0.2) is 25.5 Å². The lowest BCUT2D eigenvalue weighted by molar-refractivity contribution is -0.121. The molecule has 0 saturated heterocycles. The molecule has 1 N–H and O–H groups in total. The molecule has 33 heavy (non-hydrogen) atoms. The van der Waals surface area contributed by atoms with Crippen molar-refractivity contribution in [3.63, 3.8) is 0 Å². The van der Waals surface area contributed by atoms with Crippen LogP contribution < -0.4 is 10.9 Å². The molecule has 0 aliphatic rings. The molecule has 2 heterocycles. The predicted octanol–water partition coefficient (Wildman–Crippen LogP) is 3.91. The van der Waals surface area contributed by atoms with E-state index in [0.717, 1.165) is 33.6 Å². The third-order valence-corrected chi connectivity index (χ3v) is 5.85. The van der Waals surface area contributed by atoms with Gasteiger partial charge in [0, 0.05) is 19.5 Å². The second kappa shape index (κ2) is 9.40. The van der Waals surface area contributed by atoms with Crippen LogP contribution in [0.3, 0.4) is 0 Å². The summed E-state index contributed by atoms with van der Waals surface area (Å²) in [4.78, 5) is 25.3. The number of fused-ring (bicyclic) bond motifs is 1. The molecule has 0 bridgehead atoms. The number of aryl methyl sites for hydroxylation is 5. The zero-order chi connectivity index (χ0) is 23.5. The smallest absolute Gasteiger partial charge is 0.295 e. The fourth-order valence-electron chi connectivity index (χ4n) is 3.96. The molecule has 7 nitrogen and oxygen atoms in total. The highest BCUT2D eigenvalue weighted by Crippen LogP contribution is 2.21. The molecule has 0 saturated carbocycles.